The topological polar surface area (TPSA) is 135 Å². The van der Waals surface area contributed by atoms with Crippen LogP contribution in [0.4, 0.5) is 0 Å². The lowest BCUT2D eigenvalue weighted by atomic mass is 9.97. The normalized spacial score (nSPS) is 21.0. The number of benzene rings is 4. The fourth-order valence-electron chi connectivity index (χ4n) is 4.57. The highest BCUT2D eigenvalue weighted by atomic mass is 16.7. The second-order valence-electron chi connectivity index (χ2n) is 9.70. The molecule has 5 unspecified atom stereocenters. The summed E-state index contributed by atoms with van der Waals surface area (Å²) in [5.74, 6) is -3.34. The van der Waals surface area contributed by atoms with Gasteiger partial charge in [-0.3, -0.25) is 0 Å². The Balaban J connectivity index is 1.54. The summed E-state index contributed by atoms with van der Waals surface area (Å²) in [7, 11) is 0. The molecule has 0 bridgehead atoms. The summed E-state index contributed by atoms with van der Waals surface area (Å²) in [6.07, 6.45) is -7.72. The molecule has 1 saturated heterocycles. The van der Waals surface area contributed by atoms with Gasteiger partial charge < -0.3 is 28.8 Å². The number of aliphatic hydroxyl groups excluding tert-OH is 1. The van der Waals surface area contributed by atoms with Crippen LogP contribution in [0.1, 0.15) is 41.4 Å². The Labute approximate surface area is 252 Å². The number of rotatable bonds is 9. The Hall–Kier alpha value is -5.32. The van der Waals surface area contributed by atoms with Crippen LogP contribution < -0.4 is 0 Å². The predicted octanol–water partition coefficient (Wildman–Crippen LogP) is 4.24. The molecule has 0 amide bonds. The van der Waals surface area contributed by atoms with E-state index in [1.807, 2.05) is 0 Å². The number of esters is 4. The summed E-state index contributed by atoms with van der Waals surface area (Å²) in [4.78, 5) is 52.9. The summed E-state index contributed by atoms with van der Waals surface area (Å²) in [6, 6.07) is 32.0. The van der Waals surface area contributed by atoms with Crippen molar-refractivity contribution in [3.8, 4) is 0 Å². The SMILES string of the molecule is O=C(OC1OC(CO)C(OC(=O)c2ccccc2)C(OC(=O)c2ccccc2)C1OC(=O)c1ccccc1)c1ccccc1. The first-order valence-electron chi connectivity index (χ1n) is 13.7. The van der Waals surface area contributed by atoms with Crippen molar-refractivity contribution in [2.24, 2.45) is 0 Å². The zero-order valence-corrected chi connectivity index (χ0v) is 23.3. The maximum atomic E-state index is 13.3. The Morgan fingerprint density at radius 1 is 0.477 bits per heavy atom. The van der Waals surface area contributed by atoms with E-state index in [1.54, 1.807) is 72.8 Å². The van der Waals surface area contributed by atoms with Crippen molar-refractivity contribution in [1.29, 1.82) is 0 Å². The van der Waals surface area contributed by atoms with Crippen LogP contribution in [0.5, 0.6) is 0 Å². The third-order valence-electron chi connectivity index (χ3n) is 6.76. The van der Waals surface area contributed by atoms with Gasteiger partial charge in [0.2, 0.25) is 12.4 Å². The monoisotopic (exact) mass is 596 g/mol. The summed E-state index contributed by atoms with van der Waals surface area (Å²) < 4.78 is 28.9. The Morgan fingerprint density at radius 2 is 0.795 bits per heavy atom. The van der Waals surface area contributed by atoms with Crippen molar-refractivity contribution in [3.05, 3.63) is 144 Å². The number of carbonyl (C=O) groups is 4. The lowest BCUT2D eigenvalue weighted by Crippen LogP contribution is -2.63. The second-order valence-corrected chi connectivity index (χ2v) is 9.70. The Morgan fingerprint density at radius 3 is 1.16 bits per heavy atom. The van der Waals surface area contributed by atoms with Crippen LogP contribution in [-0.2, 0) is 23.7 Å². The fraction of sp³-hybridized carbons (Fsp3) is 0.176. The largest absolute Gasteiger partial charge is 0.452 e. The number of hydrogen-bond donors (Lipinski definition) is 1. The summed E-state index contributed by atoms with van der Waals surface area (Å²) >= 11 is 0. The van der Waals surface area contributed by atoms with Crippen LogP contribution in [0.15, 0.2) is 121 Å². The smallest absolute Gasteiger partial charge is 0.340 e. The van der Waals surface area contributed by atoms with Crippen LogP contribution in [-0.4, -0.2) is 66.3 Å². The molecule has 4 aromatic carbocycles. The summed E-state index contributed by atoms with van der Waals surface area (Å²) in [6.45, 7) is -0.731. The second kappa shape index (κ2) is 14.2. The van der Waals surface area contributed by atoms with E-state index in [-0.39, 0.29) is 22.3 Å². The van der Waals surface area contributed by atoms with Gasteiger partial charge in [0.1, 0.15) is 6.10 Å². The molecule has 0 aliphatic carbocycles. The van der Waals surface area contributed by atoms with Gasteiger partial charge in [0.25, 0.3) is 0 Å². The van der Waals surface area contributed by atoms with Gasteiger partial charge in [0.15, 0.2) is 12.2 Å². The van der Waals surface area contributed by atoms with Crippen molar-refractivity contribution in [3.63, 3.8) is 0 Å². The van der Waals surface area contributed by atoms with Crippen molar-refractivity contribution < 1.29 is 48.0 Å². The molecule has 44 heavy (non-hydrogen) atoms. The van der Waals surface area contributed by atoms with E-state index < -0.39 is 61.2 Å². The minimum absolute atomic E-state index is 0.149. The van der Waals surface area contributed by atoms with E-state index in [1.165, 1.54) is 48.5 Å². The van der Waals surface area contributed by atoms with Crippen LogP contribution in [0.3, 0.4) is 0 Å². The molecule has 0 radical (unpaired) electrons. The fourth-order valence-corrected chi connectivity index (χ4v) is 4.57. The third kappa shape index (κ3) is 7.17. The number of ether oxygens (including phenoxy) is 5. The number of carbonyl (C=O) groups excluding carboxylic acids is 4. The van der Waals surface area contributed by atoms with Gasteiger partial charge in [-0.15, -0.1) is 0 Å². The van der Waals surface area contributed by atoms with Crippen LogP contribution in [0.25, 0.3) is 0 Å². The average molecular weight is 597 g/mol. The highest BCUT2D eigenvalue weighted by molar-refractivity contribution is 5.92. The van der Waals surface area contributed by atoms with Gasteiger partial charge in [-0.25, -0.2) is 19.2 Å². The molecule has 0 spiro atoms. The highest BCUT2D eigenvalue weighted by Gasteiger charge is 2.54. The molecular weight excluding hydrogens is 568 g/mol. The third-order valence-corrected chi connectivity index (χ3v) is 6.76. The van der Waals surface area contributed by atoms with E-state index in [4.69, 9.17) is 23.7 Å². The standard InChI is InChI=1S/C34H28O10/c35-21-26-27(41-30(36)22-13-5-1-6-14-22)28(42-31(37)23-15-7-2-8-16-23)29(43-32(38)24-17-9-3-10-18-24)34(40-26)44-33(39)25-19-11-4-12-20-25/h1-20,26-29,34-35H,21H2. The van der Waals surface area contributed by atoms with E-state index in [0.29, 0.717) is 0 Å². The molecule has 5 rings (SSSR count). The lowest BCUT2D eigenvalue weighted by molar-refractivity contribution is -0.283. The van der Waals surface area contributed by atoms with Crippen molar-refractivity contribution in [2.45, 2.75) is 30.7 Å². The minimum atomic E-state index is -1.67. The Kier molecular flexibility index (Phi) is 9.75. The van der Waals surface area contributed by atoms with Crippen LogP contribution in [0.2, 0.25) is 0 Å². The van der Waals surface area contributed by atoms with Gasteiger partial charge in [-0.05, 0) is 48.5 Å². The molecule has 10 heteroatoms. The molecule has 5 atom stereocenters. The maximum Gasteiger partial charge on any atom is 0.340 e. The van der Waals surface area contributed by atoms with Crippen LogP contribution in [0, 0.1) is 0 Å². The van der Waals surface area contributed by atoms with E-state index >= 15 is 0 Å². The molecular formula is C34H28O10. The maximum absolute atomic E-state index is 13.3. The summed E-state index contributed by atoms with van der Waals surface area (Å²) in [5.41, 5.74) is 0.641. The molecule has 0 saturated carbocycles. The van der Waals surface area contributed by atoms with Gasteiger partial charge in [0.05, 0.1) is 28.9 Å². The van der Waals surface area contributed by atoms with Gasteiger partial charge in [-0.1, -0.05) is 72.8 Å². The quantitative estimate of drug-likeness (QED) is 0.221. The van der Waals surface area contributed by atoms with Crippen LogP contribution >= 0.6 is 0 Å². The molecule has 0 aromatic heterocycles. The van der Waals surface area contributed by atoms with E-state index in [2.05, 4.69) is 0 Å². The number of aliphatic hydroxyl groups is 1. The molecule has 224 valence electrons. The average Bonchev–Trinajstić information content (AvgIpc) is 3.08. The van der Waals surface area contributed by atoms with Gasteiger partial charge in [-0.2, -0.15) is 0 Å². The molecule has 1 fully saturated rings. The molecule has 1 N–H and O–H groups in total. The van der Waals surface area contributed by atoms with Crippen molar-refractivity contribution in [2.75, 3.05) is 6.61 Å². The van der Waals surface area contributed by atoms with Crippen molar-refractivity contribution >= 4 is 23.9 Å². The van der Waals surface area contributed by atoms with E-state index in [9.17, 15) is 24.3 Å². The first-order valence-corrected chi connectivity index (χ1v) is 13.7. The van der Waals surface area contributed by atoms with Crippen molar-refractivity contribution in [1.82, 2.24) is 0 Å². The molecule has 1 heterocycles. The predicted molar refractivity (Wildman–Crippen MR) is 155 cm³/mol. The molecule has 10 nitrogen and oxygen atoms in total. The van der Waals surface area contributed by atoms with Gasteiger partial charge >= 0.3 is 23.9 Å². The minimum Gasteiger partial charge on any atom is -0.452 e. The Bertz CT molecular complexity index is 1560. The first-order chi connectivity index (χ1) is 21.4. The first kappa shape index (κ1) is 30.1. The zero-order chi connectivity index (χ0) is 30.9. The number of hydrogen-bond acceptors (Lipinski definition) is 10. The molecule has 1 aliphatic heterocycles. The molecule has 4 aromatic rings. The summed E-state index contributed by atoms with van der Waals surface area (Å²) in [5, 5.41) is 10.3. The lowest BCUT2D eigenvalue weighted by Gasteiger charge is -2.43. The zero-order valence-electron chi connectivity index (χ0n) is 23.3. The van der Waals surface area contributed by atoms with Gasteiger partial charge in [0, 0.05) is 0 Å². The highest BCUT2D eigenvalue weighted by Crippen LogP contribution is 2.31. The molecule has 1 aliphatic rings. The van der Waals surface area contributed by atoms with E-state index in [0.717, 1.165) is 0 Å².